The molecule has 19 nitrogen and oxygen atoms in total. The van der Waals surface area contributed by atoms with E-state index in [-0.39, 0.29) is 21.8 Å². The average molecular weight is 763 g/mol. The second-order valence-electron chi connectivity index (χ2n) is 10.4. The van der Waals surface area contributed by atoms with Crippen molar-refractivity contribution < 1.29 is 6.90 Å². The lowest BCUT2D eigenvalue weighted by molar-refractivity contribution is 0.824. The number of rotatable bonds is 4. The van der Waals surface area contributed by atoms with E-state index in [1.807, 2.05) is 78.9 Å². The molecule has 0 saturated carbocycles. The van der Waals surface area contributed by atoms with Gasteiger partial charge in [-0.15, -0.1) is 20.4 Å². The zero-order valence-electron chi connectivity index (χ0n) is 28.4. The molecule has 0 spiro atoms. The van der Waals surface area contributed by atoms with Crippen molar-refractivity contribution in [1.82, 2.24) is 31.2 Å². The highest BCUT2D eigenvalue weighted by molar-refractivity contribution is 6.06. The molecule has 0 aliphatic carbocycles. The molecule has 1 aromatic heterocycles. The molecule has 16 N–H and O–H groups in total. The molecule has 0 saturated heterocycles. The number of hydrazone groups is 2. The molecule has 2 heterocycles. The number of nitrogens with one attached hydrogen (secondary N) is 4. The number of nitrogens with zero attached hydrogens (tertiary/aromatic N) is 7. The summed E-state index contributed by atoms with van der Waals surface area (Å²) in [5, 5.41) is 33.2. The fourth-order valence-electron chi connectivity index (χ4n) is 4.32. The second-order valence-corrected chi connectivity index (χ2v) is 10.4. The first-order valence-electron chi connectivity index (χ1n) is 15.1. The molecule has 19 heteroatoms. The number of hydrogen-bond donors (Lipinski definition) is 9. The summed E-state index contributed by atoms with van der Waals surface area (Å²) in [4.78, 5) is 14.0. The molecule has 0 radical (unpaired) electrons. The lowest BCUT2D eigenvalue weighted by atomic mass is 10.2. The van der Waals surface area contributed by atoms with Crippen LogP contribution in [-0.4, -0.2) is 37.5 Å². The van der Waals surface area contributed by atoms with Crippen LogP contribution in [0.25, 0.3) is 22.8 Å². The molecule has 7 rings (SSSR count). The number of hydrogen-bond acceptors (Lipinski definition) is 18. The highest BCUT2D eigenvalue weighted by Gasteiger charge is 2.12. The van der Waals surface area contributed by atoms with Crippen LogP contribution < -0.4 is 39.5 Å². The van der Waals surface area contributed by atoms with Gasteiger partial charge in [-0.05, 0) is 66.7 Å². The van der Waals surface area contributed by atoms with Crippen LogP contribution in [0.1, 0.15) is 33.0 Å². The van der Waals surface area contributed by atoms with E-state index in [0.29, 0.717) is 57.3 Å². The Labute approximate surface area is 324 Å². The molecule has 0 unspecified atom stereocenters. The number of nitrogen functional groups attached to an aromatic ring is 5. The minimum atomic E-state index is 0. The van der Waals surface area contributed by atoms with Crippen LogP contribution in [-0.2, 0) is 0 Å². The van der Waals surface area contributed by atoms with Crippen LogP contribution in [0, 0.1) is 32.3 Å². The molecule has 292 valence electrons. The van der Waals surface area contributed by atoms with Crippen molar-refractivity contribution in [3.05, 3.63) is 148 Å². The average Bonchev–Trinajstić information content (AvgIpc) is 3.20. The maximum Gasteiger partial charge on any atom is 0.203 e. The van der Waals surface area contributed by atoms with E-state index in [1.165, 1.54) is 0 Å². The Morgan fingerprint density at radius 2 is 0.786 bits per heavy atom. The Morgan fingerprint density at radius 1 is 0.500 bits per heavy atom. The Hall–Kier alpha value is -8.37. The van der Waals surface area contributed by atoms with Crippen LogP contribution >= 0.6 is 0 Å². The standard InChI is InChI=1S/C14H14N6.C14H12N6.C7H6N2.2CH4.H2N2.O2.H2O.H2/c2*15-11-5-1-3-9(7-11)13-17-19-14(20-18-13)10-4-2-6-12(16)8-10;8-5-6-2-1-3-7(9)4-6;;;2*1-2;;/h1-8H,15-16H2,(H,17,18)(H,19,20);1-8H,15-16H2;1-4H,9H2;2*1H4;1-2H;;1H2;1H. The summed E-state index contributed by atoms with van der Waals surface area (Å²) in [5.74, 6) is 2.10. The fourth-order valence-corrected chi connectivity index (χ4v) is 4.32. The summed E-state index contributed by atoms with van der Waals surface area (Å²) in [6.45, 7) is 0. The number of nitrogens with two attached hydrogens (primary N) is 5. The summed E-state index contributed by atoms with van der Waals surface area (Å²) in [5.41, 5.74) is 51.3. The summed E-state index contributed by atoms with van der Waals surface area (Å²) in [7, 11) is 0. The normalized spacial score (nSPS) is 10.1. The predicted molar refractivity (Wildman–Crippen MR) is 225 cm³/mol. The van der Waals surface area contributed by atoms with Crippen molar-refractivity contribution in [3.8, 4) is 28.8 Å². The first kappa shape index (κ1) is 47.6. The lowest BCUT2D eigenvalue weighted by Gasteiger charge is -2.15. The van der Waals surface area contributed by atoms with Crippen molar-refractivity contribution >= 4 is 40.1 Å². The van der Waals surface area contributed by atoms with E-state index in [2.05, 4.69) is 41.4 Å². The van der Waals surface area contributed by atoms with Crippen LogP contribution in [0.2, 0.25) is 0 Å². The minimum Gasteiger partial charge on any atom is -0.412 e. The van der Waals surface area contributed by atoms with Crippen LogP contribution in [0.4, 0.5) is 28.4 Å². The summed E-state index contributed by atoms with van der Waals surface area (Å²) in [6, 6.07) is 38.2. The summed E-state index contributed by atoms with van der Waals surface area (Å²) in [6.07, 6.45) is 0. The Morgan fingerprint density at radius 3 is 1.05 bits per heavy atom. The molecule has 0 bridgehead atoms. The third kappa shape index (κ3) is 14.3. The van der Waals surface area contributed by atoms with Gasteiger partial charge in [0.05, 0.1) is 11.6 Å². The number of nitriles is 1. The maximum atomic E-state index is 8.36. The van der Waals surface area contributed by atoms with Crippen molar-refractivity contribution in [3.63, 3.8) is 0 Å². The van der Waals surface area contributed by atoms with Gasteiger partial charge in [0, 0.05) is 62.0 Å². The quantitative estimate of drug-likeness (QED) is 0.0809. The van der Waals surface area contributed by atoms with Gasteiger partial charge in [0.25, 0.3) is 0 Å². The van der Waals surface area contributed by atoms with Gasteiger partial charge in [0.15, 0.2) is 11.7 Å². The molecule has 5 aromatic carbocycles. The lowest BCUT2D eigenvalue weighted by Crippen LogP contribution is -2.34. The van der Waals surface area contributed by atoms with Gasteiger partial charge in [-0.25, -0.2) is 11.1 Å². The van der Waals surface area contributed by atoms with Gasteiger partial charge >= 0.3 is 0 Å². The van der Waals surface area contributed by atoms with Gasteiger partial charge < -0.3 is 34.1 Å². The van der Waals surface area contributed by atoms with E-state index in [0.717, 1.165) is 22.3 Å². The number of amidine groups is 2. The van der Waals surface area contributed by atoms with Crippen molar-refractivity contribution in [1.29, 1.82) is 16.3 Å². The zero-order valence-corrected chi connectivity index (χ0v) is 28.4. The van der Waals surface area contributed by atoms with Crippen molar-refractivity contribution in [2.75, 3.05) is 28.7 Å². The highest BCUT2D eigenvalue weighted by atomic mass is 16.7. The maximum absolute atomic E-state index is 8.36. The Bertz CT molecular complexity index is 2090. The molecular formula is C37H46N16O3. The van der Waals surface area contributed by atoms with E-state index in [1.54, 1.807) is 48.5 Å². The summed E-state index contributed by atoms with van der Waals surface area (Å²) < 4.78 is 0. The van der Waals surface area contributed by atoms with Gasteiger partial charge in [-0.2, -0.15) is 15.5 Å². The van der Waals surface area contributed by atoms with Crippen molar-refractivity contribution in [2.45, 2.75) is 14.9 Å². The SMILES string of the molecule is C.C.N#Cc1cccc(N)c1.N=N.Nc1cccc(-c2nnc(-c3cccc(N)c3)nn2)c1.Nc1cccc(C2=NNC(c3cccc(N)c3)=NN2)c1.O.O=O.[HH]. The third-order valence-corrected chi connectivity index (χ3v) is 6.65. The van der Waals surface area contributed by atoms with E-state index >= 15 is 0 Å². The van der Waals surface area contributed by atoms with E-state index < -0.39 is 0 Å². The molecule has 0 fully saturated rings. The molecule has 0 amide bonds. The van der Waals surface area contributed by atoms with Gasteiger partial charge in [0.2, 0.25) is 11.6 Å². The first-order chi connectivity index (χ1) is 25.8. The van der Waals surface area contributed by atoms with Crippen LogP contribution in [0.5, 0.6) is 0 Å². The molecule has 6 aromatic rings. The number of anilines is 5. The van der Waals surface area contributed by atoms with Crippen molar-refractivity contribution in [2.24, 2.45) is 10.2 Å². The van der Waals surface area contributed by atoms with Gasteiger partial charge in [-0.1, -0.05) is 69.5 Å². The van der Waals surface area contributed by atoms with E-state index in [9.17, 15) is 0 Å². The second kappa shape index (κ2) is 24.8. The molecule has 1 aliphatic rings. The molecule has 1 aliphatic heterocycles. The summed E-state index contributed by atoms with van der Waals surface area (Å²) >= 11 is 0. The fraction of sp³-hybridized carbons (Fsp3) is 0.0541. The third-order valence-electron chi connectivity index (χ3n) is 6.65. The van der Waals surface area contributed by atoms with E-state index in [4.69, 9.17) is 54.9 Å². The number of aromatic nitrogens is 4. The molecule has 0 atom stereocenters. The predicted octanol–water partition coefficient (Wildman–Crippen LogP) is 5.33. The van der Waals surface area contributed by atoms with Crippen LogP contribution in [0.15, 0.2) is 132 Å². The molecular weight excluding hydrogens is 717 g/mol. The minimum absolute atomic E-state index is 0. The topological polar surface area (TPSA) is 368 Å². The van der Waals surface area contributed by atoms with Crippen LogP contribution in [0.3, 0.4) is 0 Å². The first-order valence-corrected chi connectivity index (χ1v) is 15.1. The largest absolute Gasteiger partial charge is 0.412 e. The van der Waals surface area contributed by atoms with Gasteiger partial charge in [0.1, 0.15) is 0 Å². The Balaban J connectivity index is 0. The highest BCUT2D eigenvalue weighted by Crippen LogP contribution is 2.19. The van der Waals surface area contributed by atoms with Gasteiger partial charge in [-0.3, -0.25) is 10.9 Å². The number of benzene rings is 5. The Kier molecular flexibility index (Phi) is 21.1. The zero-order chi connectivity index (χ0) is 38.6. The molecule has 56 heavy (non-hydrogen) atoms. The monoisotopic (exact) mass is 762 g/mol. The smallest absolute Gasteiger partial charge is 0.203 e.